The first-order chi connectivity index (χ1) is 19.2. The average molecular weight is 759 g/mol. The van der Waals surface area contributed by atoms with Crippen molar-refractivity contribution in [2.24, 2.45) is 0 Å². The fourth-order valence-corrected chi connectivity index (χ4v) is 20.0. The predicted octanol–water partition coefficient (Wildman–Crippen LogP) is 12.4. The van der Waals surface area contributed by atoms with Crippen LogP contribution in [0.4, 0.5) is 11.4 Å². The van der Waals surface area contributed by atoms with Crippen molar-refractivity contribution in [1.29, 1.82) is 0 Å². The van der Waals surface area contributed by atoms with Crippen LogP contribution in [0.1, 0.15) is 25.7 Å². The van der Waals surface area contributed by atoms with Crippen LogP contribution in [-0.4, -0.2) is 59.4 Å². The molecule has 2 heterocycles. The van der Waals surface area contributed by atoms with Gasteiger partial charge >= 0.3 is 34.1 Å². The zero-order valence-electron chi connectivity index (χ0n) is 29.9. The van der Waals surface area contributed by atoms with E-state index in [1.165, 1.54) is 25.7 Å². The van der Waals surface area contributed by atoms with E-state index < -0.39 is 32.9 Å². The zero-order chi connectivity index (χ0) is 32.7. The van der Waals surface area contributed by atoms with Crippen LogP contribution in [0.25, 0.3) is 20.8 Å². The van der Waals surface area contributed by atoms with Crippen molar-refractivity contribution < 1.29 is 43.6 Å². The van der Waals surface area contributed by atoms with E-state index in [1.54, 1.807) is 24.3 Å². The van der Waals surface area contributed by atoms with Gasteiger partial charge in [0.25, 0.3) is 0 Å². The average Bonchev–Trinajstić information content (AvgIpc) is 3.56. The Morgan fingerprint density at radius 1 is 0.432 bits per heavy atom. The molecule has 2 radical (unpaired) electrons. The first-order valence-electron chi connectivity index (χ1n) is 15.4. The van der Waals surface area contributed by atoms with E-state index in [9.17, 15) is 0 Å². The van der Waals surface area contributed by atoms with Gasteiger partial charge in [-0.15, -0.1) is 11.4 Å². The summed E-state index contributed by atoms with van der Waals surface area (Å²) < 4.78 is 19.5. The summed E-state index contributed by atoms with van der Waals surface area (Å²) in [7, 11) is -4.42. The summed E-state index contributed by atoms with van der Waals surface area (Å²) in [5.41, 5.74) is 15.1. The van der Waals surface area contributed by atoms with E-state index >= 15 is 0 Å². The molecule has 254 valence electrons. The summed E-state index contributed by atoms with van der Waals surface area (Å²) in [4.78, 5) is 0. The minimum atomic E-state index is -1.11. The van der Waals surface area contributed by atoms with E-state index in [0.717, 1.165) is 26.4 Å². The number of hydrogen-bond donors (Lipinski definition) is 0. The van der Waals surface area contributed by atoms with E-state index in [0.29, 0.717) is 11.4 Å². The Balaban J connectivity index is -0.000000218. The van der Waals surface area contributed by atoms with Crippen molar-refractivity contribution in [3.05, 3.63) is 81.4 Å². The molecule has 12 heteroatoms. The number of nitrogens with one attached hydrogen (secondary N) is 2. The zero-order valence-corrected chi connectivity index (χ0v) is 36.3. The molecular formula is C32H64Mn2N4O2Si4. The van der Waals surface area contributed by atoms with Gasteiger partial charge in [-0.3, -0.25) is 0 Å². The van der Waals surface area contributed by atoms with Gasteiger partial charge in [-0.2, -0.15) is 0 Å². The number of ether oxygens (including phenoxy) is 2. The molecule has 2 aromatic carbocycles. The van der Waals surface area contributed by atoms with Gasteiger partial charge < -0.3 is 30.2 Å². The normalized spacial score (nSPS) is 13.9. The fourth-order valence-electron chi connectivity index (χ4n) is 3.91. The molecule has 6 nitrogen and oxygen atoms in total. The molecule has 44 heavy (non-hydrogen) atoms. The predicted molar refractivity (Wildman–Crippen MR) is 201 cm³/mol. The molecule has 2 aromatic rings. The Hall–Kier alpha value is -0.214. The van der Waals surface area contributed by atoms with E-state index in [1.807, 2.05) is 36.4 Å². The smallest absolute Gasteiger partial charge is 0.699 e. The molecule has 2 saturated heterocycles. The molecule has 2 aliphatic heterocycles. The summed E-state index contributed by atoms with van der Waals surface area (Å²) in [6.45, 7) is 31.6. The van der Waals surface area contributed by atoms with Gasteiger partial charge in [-0.05, 0) is 25.7 Å². The first kappa shape index (κ1) is 50.6. The molecular weight excluding hydrogens is 695 g/mol. The molecule has 0 aliphatic carbocycles. The van der Waals surface area contributed by atoms with Gasteiger partial charge in [-0.25, -0.2) is 0 Å². The van der Waals surface area contributed by atoms with Crippen molar-refractivity contribution in [2.45, 2.75) is 104 Å². The number of nitrogens with zero attached hydrogens (tertiary/aromatic N) is 2. The summed E-state index contributed by atoms with van der Waals surface area (Å²) >= 11 is 0. The van der Waals surface area contributed by atoms with Crippen LogP contribution in [-0.2, 0) is 43.6 Å². The van der Waals surface area contributed by atoms with Crippen molar-refractivity contribution in [3.63, 3.8) is 0 Å². The van der Waals surface area contributed by atoms with Crippen LogP contribution in [0.2, 0.25) is 78.6 Å². The molecule has 0 saturated carbocycles. The van der Waals surface area contributed by atoms with Crippen LogP contribution in [0.3, 0.4) is 0 Å². The molecule has 4 rings (SSSR count). The largest absolute Gasteiger partial charge is 2.00 e. The Kier molecular flexibility index (Phi) is 32.1. The molecule has 0 spiro atoms. The first-order valence-corrected chi connectivity index (χ1v) is 29.2. The van der Waals surface area contributed by atoms with Crippen LogP contribution in [0.5, 0.6) is 0 Å². The topological polar surface area (TPSA) is 94.3 Å². The van der Waals surface area contributed by atoms with Crippen molar-refractivity contribution in [3.8, 4) is 0 Å². The summed E-state index contributed by atoms with van der Waals surface area (Å²) in [6, 6.07) is 18.2. The third kappa shape index (κ3) is 48.7. The second-order valence-electron chi connectivity index (χ2n) is 14.3. The Labute approximate surface area is 298 Å². The summed E-state index contributed by atoms with van der Waals surface area (Å²) in [6.07, 6.45) is 5.11. The molecule has 0 aromatic heterocycles. The molecule has 2 N–H and O–H groups in total. The van der Waals surface area contributed by atoms with Gasteiger partial charge in [0.2, 0.25) is 0 Å². The Morgan fingerprint density at radius 2 is 0.636 bits per heavy atom. The van der Waals surface area contributed by atoms with Crippen molar-refractivity contribution in [1.82, 2.24) is 0 Å². The maximum atomic E-state index is 7.00. The fraction of sp³-hybridized carbons (Fsp3) is 0.625. The standard InChI is InChI=1S/2C6H18NSi2.2C6H6N.2C4H8O.2Mn/c2*1-8(2,3)7-9(4,5)6;2*7-6-4-2-1-3-5-6;2*1-2-4-5-3-1;;/h2*1-6H3;2*1-5,7H;2*1-4H2;;/q4*-1;;;2*+2. The molecule has 0 atom stereocenters. The molecule has 0 unspecified atom stereocenters. The minimum absolute atomic E-state index is 0. The maximum Gasteiger partial charge on any atom is 2.00 e. The number of hydrogen-bond acceptors (Lipinski definition) is 2. The molecule has 2 aliphatic rings. The summed E-state index contributed by atoms with van der Waals surface area (Å²) in [5, 5.41) is 0. The third-order valence-electron chi connectivity index (χ3n) is 4.54. The maximum absolute atomic E-state index is 7.00. The second-order valence-corrected chi connectivity index (χ2v) is 33.4. The van der Waals surface area contributed by atoms with Crippen molar-refractivity contribution >= 4 is 44.3 Å². The van der Waals surface area contributed by atoms with Crippen LogP contribution < -0.4 is 0 Å². The minimum Gasteiger partial charge on any atom is -0.699 e. The van der Waals surface area contributed by atoms with E-state index in [4.69, 9.17) is 30.2 Å². The van der Waals surface area contributed by atoms with E-state index in [2.05, 4.69) is 78.6 Å². The quantitative estimate of drug-likeness (QED) is 0.290. The van der Waals surface area contributed by atoms with Gasteiger partial charge in [0.1, 0.15) is 0 Å². The SMILES string of the molecule is C1CCOC1.C1CCOC1.C[Si](C)(C)[N-][Si](C)(C)C.C[Si](C)(C)[N-][Si](C)(C)C.[Mn+2].[Mn+2].[NH-]c1ccccc1.[NH-]c1ccccc1. The monoisotopic (exact) mass is 758 g/mol. The summed E-state index contributed by atoms with van der Waals surface area (Å²) in [5.74, 6) is 0. The van der Waals surface area contributed by atoms with Crippen LogP contribution in [0, 0.1) is 0 Å². The number of rotatable bonds is 4. The Morgan fingerprint density at radius 3 is 0.705 bits per heavy atom. The van der Waals surface area contributed by atoms with Gasteiger partial charge in [0.15, 0.2) is 0 Å². The third-order valence-corrected chi connectivity index (χ3v) is 15.3. The van der Waals surface area contributed by atoms with E-state index in [-0.39, 0.29) is 34.1 Å². The van der Waals surface area contributed by atoms with Gasteiger partial charge in [0.05, 0.1) is 0 Å². The van der Waals surface area contributed by atoms with Crippen molar-refractivity contribution in [2.75, 3.05) is 26.4 Å². The second kappa shape index (κ2) is 27.9. The molecule has 2 fully saturated rings. The molecule has 0 amide bonds. The van der Waals surface area contributed by atoms with Crippen LogP contribution >= 0.6 is 0 Å². The molecule has 0 bridgehead atoms. The number of benzene rings is 2. The van der Waals surface area contributed by atoms with Crippen LogP contribution in [0.15, 0.2) is 60.7 Å². The van der Waals surface area contributed by atoms with Gasteiger partial charge in [0, 0.05) is 26.4 Å². The van der Waals surface area contributed by atoms with Gasteiger partial charge in [-0.1, -0.05) is 172 Å². The Bertz CT molecular complexity index is 756.